The number of phenols is 1. The number of aliphatic imine (C=N–C) groups is 1. The lowest BCUT2D eigenvalue weighted by molar-refractivity contribution is 0.246. The van der Waals surface area contributed by atoms with E-state index in [1.165, 1.54) is 0 Å². The molecule has 0 amide bonds. The standard InChI is InChI=1S/C12H12BrNO2/c1-8-3-4-9(13)11(16)10(8)12(14-7-15)5-2-6-12/h3-4,16H,2,5-6H2,1H3. The smallest absolute Gasteiger partial charge is 0.235 e. The quantitative estimate of drug-likeness (QED) is 0.669. The first-order valence-electron chi connectivity index (χ1n) is 5.18. The van der Waals surface area contributed by atoms with Crippen LogP contribution in [0, 0.1) is 6.92 Å². The van der Waals surface area contributed by atoms with Gasteiger partial charge in [-0.15, -0.1) is 0 Å². The van der Waals surface area contributed by atoms with Gasteiger partial charge < -0.3 is 5.11 Å². The van der Waals surface area contributed by atoms with Crippen LogP contribution in [0.25, 0.3) is 0 Å². The minimum atomic E-state index is -0.542. The summed E-state index contributed by atoms with van der Waals surface area (Å²) < 4.78 is 0.639. The van der Waals surface area contributed by atoms with E-state index in [0.29, 0.717) is 4.47 Å². The molecule has 4 heteroatoms. The highest BCUT2D eigenvalue weighted by Gasteiger charge is 2.42. The molecule has 1 fully saturated rings. The highest BCUT2D eigenvalue weighted by Crippen LogP contribution is 2.50. The maximum absolute atomic E-state index is 10.5. The predicted octanol–water partition coefficient (Wildman–Crippen LogP) is 3.18. The molecular weight excluding hydrogens is 270 g/mol. The van der Waals surface area contributed by atoms with E-state index in [4.69, 9.17) is 0 Å². The van der Waals surface area contributed by atoms with E-state index < -0.39 is 5.54 Å². The van der Waals surface area contributed by atoms with Crippen LogP contribution in [0.4, 0.5) is 0 Å². The zero-order chi connectivity index (χ0) is 11.8. The zero-order valence-corrected chi connectivity index (χ0v) is 10.5. The fourth-order valence-electron chi connectivity index (χ4n) is 2.27. The number of benzene rings is 1. The third-order valence-electron chi connectivity index (χ3n) is 3.24. The van der Waals surface area contributed by atoms with Crippen LogP contribution in [0.1, 0.15) is 30.4 Å². The van der Waals surface area contributed by atoms with Gasteiger partial charge in [-0.25, -0.2) is 4.79 Å². The van der Waals surface area contributed by atoms with Crippen molar-refractivity contribution < 1.29 is 9.90 Å². The molecule has 2 rings (SSSR count). The normalized spacial score (nSPS) is 17.4. The molecule has 16 heavy (non-hydrogen) atoms. The van der Waals surface area contributed by atoms with Crippen molar-refractivity contribution in [2.45, 2.75) is 31.7 Å². The number of nitrogens with zero attached hydrogens (tertiary/aromatic N) is 1. The summed E-state index contributed by atoms with van der Waals surface area (Å²) in [6.45, 7) is 1.92. The number of rotatable bonds is 2. The van der Waals surface area contributed by atoms with E-state index in [1.807, 2.05) is 13.0 Å². The monoisotopic (exact) mass is 281 g/mol. The summed E-state index contributed by atoms with van der Waals surface area (Å²) in [5, 5.41) is 10.1. The summed E-state index contributed by atoms with van der Waals surface area (Å²) in [5.74, 6) is 0.193. The molecule has 3 nitrogen and oxygen atoms in total. The molecule has 0 atom stereocenters. The minimum absolute atomic E-state index is 0.193. The molecule has 1 aliphatic carbocycles. The van der Waals surface area contributed by atoms with Crippen molar-refractivity contribution in [2.75, 3.05) is 0 Å². The Morgan fingerprint density at radius 3 is 2.69 bits per heavy atom. The van der Waals surface area contributed by atoms with Gasteiger partial charge in [0.05, 0.1) is 4.47 Å². The fourth-order valence-corrected chi connectivity index (χ4v) is 2.60. The SMILES string of the molecule is Cc1ccc(Br)c(O)c1C1(N=C=O)CCC1. The van der Waals surface area contributed by atoms with E-state index in [2.05, 4.69) is 20.9 Å². The summed E-state index contributed by atoms with van der Waals surface area (Å²) in [6.07, 6.45) is 4.25. The van der Waals surface area contributed by atoms with E-state index >= 15 is 0 Å². The van der Waals surface area contributed by atoms with Crippen molar-refractivity contribution in [3.63, 3.8) is 0 Å². The van der Waals surface area contributed by atoms with Crippen LogP contribution in [-0.4, -0.2) is 11.2 Å². The number of hydrogen-bond donors (Lipinski definition) is 1. The summed E-state index contributed by atoms with van der Waals surface area (Å²) in [4.78, 5) is 14.4. The van der Waals surface area contributed by atoms with Gasteiger partial charge in [-0.3, -0.25) is 0 Å². The molecule has 84 valence electrons. The van der Waals surface area contributed by atoms with E-state index in [9.17, 15) is 9.90 Å². The Hall–Kier alpha value is -1.12. The van der Waals surface area contributed by atoms with Gasteiger partial charge in [-0.2, -0.15) is 4.99 Å². The first-order valence-corrected chi connectivity index (χ1v) is 5.97. The number of halogens is 1. The molecule has 1 N–H and O–H groups in total. The summed E-state index contributed by atoms with van der Waals surface area (Å²) in [5.41, 5.74) is 1.18. The van der Waals surface area contributed by atoms with Crippen LogP contribution in [0.15, 0.2) is 21.6 Å². The number of hydrogen-bond acceptors (Lipinski definition) is 3. The van der Waals surface area contributed by atoms with Crippen LogP contribution < -0.4 is 0 Å². The average Bonchev–Trinajstić information content (AvgIpc) is 2.20. The largest absolute Gasteiger partial charge is 0.506 e. The molecule has 0 spiro atoms. The molecule has 0 radical (unpaired) electrons. The van der Waals surface area contributed by atoms with Crippen molar-refractivity contribution in [1.82, 2.24) is 0 Å². The topological polar surface area (TPSA) is 49.7 Å². The molecule has 1 aromatic carbocycles. The molecule has 0 aliphatic heterocycles. The van der Waals surface area contributed by atoms with Crippen molar-refractivity contribution in [1.29, 1.82) is 0 Å². The number of aryl methyl sites for hydroxylation is 1. The van der Waals surface area contributed by atoms with E-state index in [1.54, 1.807) is 12.1 Å². The van der Waals surface area contributed by atoms with Gasteiger partial charge in [0.15, 0.2) is 0 Å². The molecule has 1 aliphatic rings. The predicted molar refractivity (Wildman–Crippen MR) is 64.2 cm³/mol. The Bertz CT molecular complexity index is 474. The minimum Gasteiger partial charge on any atom is -0.506 e. The van der Waals surface area contributed by atoms with E-state index in [-0.39, 0.29) is 5.75 Å². The molecule has 0 bridgehead atoms. The highest BCUT2D eigenvalue weighted by molar-refractivity contribution is 9.10. The van der Waals surface area contributed by atoms with Crippen LogP contribution in [0.2, 0.25) is 0 Å². The van der Waals surface area contributed by atoms with Gasteiger partial charge in [0.2, 0.25) is 6.08 Å². The Balaban J connectivity index is 2.62. The molecule has 1 aromatic rings. The van der Waals surface area contributed by atoms with Crippen LogP contribution in [0.5, 0.6) is 5.75 Å². The molecular formula is C12H12BrNO2. The van der Waals surface area contributed by atoms with Gasteiger partial charge in [-0.05, 0) is 53.7 Å². The molecule has 1 saturated carbocycles. The van der Waals surface area contributed by atoms with Crippen molar-refractivity contribution in [2.24, 2.45) is 4.99 Å². The summed E-state index contributed by atoms with van der Waals surface area (Å²) in [6, 6.07) is 3.71. The second kappa shape index (κ2) is 4.04. The van der Waals surface area contributed by atoms with Crippen LogP contribution in [0.3, 0.4) is 0 Å². The van der Waals surface area contributed by atoms with Crippen molar-refractivity contribution >= 4 is 22.0 Å². The zero-order valence-electron chi connectivity index (χ0n) is 8.96. The van der Waals surface area contributed by atoms with Crippen LogP contribution in [-0.2, 0) is 10.3 Å². The van der Waals surface area contributed by atoms with Gasteiger partial charge in [-0.1, -0.05) is 6.07 Å². The molecule has 0 saturated heterocycles. The van der Waals surface area contributed by atoms with Crippen LogP contribution >= 0.6 is 15.9 Å². The van der Waals surface area contributed by atoms with Gasteiger partial charge in [0.1, 0.15) is 11.3 Å². The third kappa shape index (κ3) is 1.58. The molecule has 0 unspecified atom stereocenters. The van der Waals surface area contributed by atoms with Crippen molar-refractivity contribution in [3.8, 4) is 5.75 Å². The third-order valence-corrected chi connectivity index (χ3v) is 3.88. The number of carbonyl (C=O) groups excluding carboxylic acids is 1. The highest BCUT2D eigenvalue weighted by atomic mass is 79.9. The number of aromatic hydroxyl groups is 1. The average molecular weight is 282 g/mol. The van der Waals surface area contributed by atoms with Crippen molar-refractivity contribution in [3.05, 3.63) is 27.7 Å². The number of isocyanates is 1. The lowest BCUT2D eigenvalue weighted by Crippen LogP contribution is -2.32. The number of phenolic OH excluding ortho intramolecular Hbond substituents is 1. The first-order chi connectivity index (χ1) is 7.60. The second-order valence-electron chi connectivity index (χ2n) is 4.18. The summed E-state index contributed by atoms with van der Waals surface area (Å²) in [7, 11) is 0. The Morgan fingerprint density at radius 2 is 2.19 bits per heavy atom. The van der Waals surface area contributed by atoms with E-state index in [0.717, 1.165) is 30.4 Å². The van der Waals surface area contributed by atoms with Gasteiger partial charge >= 0.3 is 0 Å². The summed E-state index contributed by atoms with van der Waals surface area (Å²) >= 11 is 3.29. The van der Waals surface area contributed by atoms with Gasteiger partial charge in [0.25, 0.3) is 0 Å². The lowest BCUT2D eigenvalue weighted by Gasteiger charge is -2.38. The van der Waals surface area contributed by atoms with Gasteiger partial charge in [0, 0.05) is 5.56 Å². The Kier molecular flexibility index (Phi) is 2.87. The lowest BCUT2D eigenvalue weighted by atomic mass is 9.70. The molecule has 0 heterocycles. The second-order valence-corrected chi connectivity index (χ2v) is 5.03. The fraction of sp³-hybridized carbons (Fsp3) is 0.417. The Labute approximate surface area is 102 Å². The molecule has 0 aromatic heterocycles. The Morgan fingerprint density at radius 1 is 1.50 bits per heavy atom. The first kappa shape index (κ1) is 11.4. The maximum Gasteiger partial charge on any atom is 0.235 e. The maximum atomic E-state index is 10.5.